The van der Waals surface area contributed by atoms with E-state index in [9.17, 15) is 22.2 Å². The van der Waals surface area contributed by atoms with Crippen LogP contribution in [0.1, 0.15) is 24.4 Å². The van der Waals surface area contributed by atoms with Crippen LogP contribution in [0, 0.1) is 6.92 Å². The van der Waals surface area contributed by atoms with Gasteiger partial charge in [0, 0.05) is 18.9 Å². The number of para-hydroxylation sites is 2. The van der Waals surface area contributed by atoms with Crippen LogP contribution < -0.4 is 4.74 Å². The lowest BCUT2D eigenvalue weighted by Crippen LogP contribution is -2.20. The summed E-state index contributed by atoms with van der Waals surface area (Å²) in [5.74, 6) is -0.156. The van der Waals surface area contributed by atoms with Crippen LogP contribution in [-0.4, -0.2) is 58.0 Å². The molecule has 3 aromatic rings. The summed E-state index contributed by atoms with van der Waals surface area (Å²) < 4.78 is 72.5. The summed E-state index contributed by atoms with van der Waals surface area (Å²) in [6.45, 7) is 1.86. The van der Waals surface area contributed by atoms with Crippen LogP contribution in [0.3, 0.4) is 0 Å². The van der Waals surface area contributed by atoms with E-state index < -0.39 is 36.0 Å². The van der Waals surface area contributed by atoms with Crippen LogP contribution in [0.25, 0.3) is 11.0 Å². The molecule has 0 saturated carbocycles. The molecule has 0 aliphatic rings. The van der Waals surface area contributed by atoms with Crippen molar-refractivity contribution >= 4 is 28.0 Å². The number of methoxy groups -OCH3 is 1. The van der Waals surface area contributed by atoms with Crippen molar-refractivity contribution in [3.05, 3.63) is 47.8 Å². The standard InChI is InChI=1S/C22H24F3N3O6S/c1-14-17(26-9-8-19(14)33-13-22(23,24)25)12-35(30)20-27-16-6-4-5-7-18(16)28(20)15(2)34-21(29)32-11-10-31-3/h4-9,15H,10-13H2,1-3H3. The molecule has 2 atom stereocenters. The topological polar surface area (TPSA) is 102 Å². The Labute approximate surface area is 201 Å². The molecule has 0 saturated heterocycles. The summed E-state index contributed by atoms with van der Waals surface area (Å²) >= 11 is 0. The second-order valence-corrected chi connectivity index (χ2v) is 8.68. The Kier molecular flexibility index (Phi) is 8.67. The number of imidazole rings is 1. The minimum atomic E-state index is -4.50. The minimum absolute atomic E-state index is 0.00319. The van der Waals surface area contributed by atoms with E-state index in [4.69, 9.17) is 18.9 Å². The van der Waals surface area contributed by atoms with Crippen molar-refractivity contribution < 1.29 is 41.1 Å². The number of benzene rings is 1. The number of carbonyl (C=O) groups excluding carboxylic acids is 1. The maximum Gasteiger partial charge on any atom is 0.510 e. The van der Waals surface area contributed by atoms with Gasteiger partial charge in [-0.1, -0.05) is 12.1 Å². The molecule has 0 N–H and O–H groups in total. The molecule has 0 amide bonds. The summed E-state index contributed by atoms with van der Waals surface area (Å²) in [6.07, 6.45) is -5.07. The molecule has 2 aromatic heterocycles. The zero-order chi connectivity index (χ0) is 25.6. The Morgan fingerprint density at radius 3 is 2.66 bits per heavy atom. The third-order valence-electron chi connectivity index (χ3n) is 4.82. The molecule has 2 unspecified atom stereocenters. The summed E-state index contributed by atoms with van der Waals surface area (Å²) in [6, 6.07) is 8.27. The normalized spacial score (nSPS) is 13.4. The van der Waals surface area contributed by atoms with Gasteiger partial charge in [-0.05, 0) is 32.0 Å². The third-order valence-corrected chi connectivity index (χ3v) is 6.05. The Bertz CT molecular complexity index is 1200. The van der Waals surface area contributed by atoms with Crippen LogP contribution in [0.15, 0.2) is 41.7 Å². The number of nitrogens with zero attached hydrogens (tertiary/aromatic N) is 3. The average molecular weight is 516 g/mol. The molecule has 0 spiro atoms. The Morgan fingerprint density at radius 1 is 1.20 bits per heavy atom. The van der Waals surface area contributed by atoms with Gasteiger partial charge in [-0.15, -0.1) is 0 Å². The van der Waals surface area contributed by atoms with Gasteiger partial charge in [0.05, 0.1) is 39.9 Å². The van der Waals surface area contributed by atoms with Gasteiger partial charge >= 0.3 is 12.3 Å². The smallest absolute Gasteiger partial charge is 0.484 e. The van der Waals surface area contributed by atoms with Gasteiger partial charge < -0.3 is 18.9 Å². The molecular weight excluding hydrogens is 491 g/mol. The first-order valence-corrected chi connectivity index (χ1v) is 11.7. The molecule has 0 bridgehead atoms. The summed E-state index contributed by atoms with van der Waals surface area (Å²) in [7, 11) is -0.337. The maximum absolute atomic E-state index is 13.4. The number of halogens is 3. The SMILES string of the molecule is COCCOC(=O)OC(C)n1c(S(=O)Cc2nccc(OCC(F)(F)F)c2C)nc2ccccc21. The van der Waals surface area contributed by atoms with E-state index in [1.54, 1.807) is 31.2 Å². The molecule has 2 heterocycles. The number of rotatable bonds is 10. The number of hydrogen-bond acceptors (Lipinski definition) is 8. The van der Waals surface area contributed by atoms with Crippen LogP contribution in [0.2, 0.25) is 0 Å². The molecule has 13 heteroatoms. The van der Waals surface area contributed by atoms with E-state index in [-0.39, 0.29) is 35.6 Å². The second kappa shape index (κ2) is 11.5. The Balaban J connectivity index is 1.86. The van der Waals surface area contributed by atoms with E-state index in [1.807, 2.05) is 0 Å². The minimum Gasteiger partial charge on any atom is -0.484 e. The van der Waals surface area contributed by atoms with Crippen LogP contribution >= 0.6 is 0 Å². The molecule has 9 nitrogen and oxygen atoms in total. The fourth-order valence-corrected chi connectivity index (χ4v) is 4.51. The van der Waals surface area contributed by atoms with Crippen molar-refractivity contribution in [3.63, 3.8) is 0 Å². The van der Waals surface area contributed by atoms with Crippen molar-refractivity contribution in [2.75, 3.05) is 26.9 Å². The molecule has 0 aliphatic carbocycles. The van der Waals surface area contributed by atoms with Crippen molar-refractivity contribution in [2.45, 2.75) is 37.2 Å². The zero-order valence-electron chi connectivity index (χ0n) is 19.2. The monoisotopic (exact) mass is 515 g/mol. The number of alkyl halides is 3. The van der Waals surface area contributed by atoms with Gasteiger partial charge in [-0.2, -0.15) is 13.2 Å². The fourth-order valence-electron chi connectivity index (χ4n) is 3.18. The lowest BCUT2D eigenvalue weighted by molar-refractivity contribution is -0.153. The quantitative estimate of drug-likeness (QED) is 0.291. The molecule has 1 aromatic carbocycles. The van der Waals surface area contributed by atoms with Gasteiger partial charge in [0.2, 0.25) is 5.16 Å². The number of ether oxygens (including phenoxy) is 4. The Hall–Kier alpha value is -3.19. The molecule has 190 valence electrons. The number of pyridine rings is 1. The van der Waals surface area contributed by atoms with Gasteiger partial charge in [0.1, 0.15) is 12.4 Å². The predicted octanol–water partition coefficient (Wildman–Crippen LogP) is 4.31. The van der Waals surface area contributed by atoms with Crippen molar-refractivity contribution in [3.8, 4) is 5.75 Å². The first-order chi connectivity index (χ1) is 16.6. The lowest BCUT2D eigenvalue weighted by atomic mass is 10.2. The van der Waals surface area contributed by atoms with E-state index in [0.717, 1.165) is 0 Å². The summed E-state index contributed by atoms with van der Waals surface area (Å²) in [5.41, 5.74) is 1.71. The number of aromatic nitrogens is 3. The highest BCUT2D eigenvalue weighted by Gasteiger charge is 2.29. The molecule has 35 heavy (non-hydrogen) atoms. The lowest BCUT2D eigenvalue weighted by Gasteiger charge is -2.18. The van der Waals surface area contributed by atoms with Crippen molar-refractivity contribution in [1.82, 2.24) is 14.5 Å². The van der Waals surface area contributed by atoms with E-state index in [2.05, 4.69) is 9.97 Å². The molecule has 0 fully saturated rings. The third kappa shape index (κ3) is 6.92. The second-order valence-electron chi connectivity index (χ2n) is 7.34. The largest absolute Gasteiger partial charge is 0.510 e. The van der Waals surface area contributed by atoms with E-state index >= 15 is 0 Å². The molecule has 0 radical (unpaired) electrons. The maximum atomic E-state index is 13.4. The highest BCUT2D eigenvalue weighted by atomic mass is 32.2. The predicted molar refractivity (Wildman–Crippen MR) is 119 cm³/mol. The first-order valence-electron chi connectivity index (χ1n) is 10.4. The van der Waals surface area contributed by atoms with Crippen LogP contribution in [-0.2, 0) is 30.8 Å². The Morgan fingerprint density at radius 2 is 1.94 bits per heavy atom. The summed E-state index contributed by atoms with van der Waals surface area (Å²) in [5, 5.41) is 0.103. The summed E-state index contributed by atoms with van der Waals surface area (Å²) in [4.78, 5) is 20.6. The van der Waals surface area contributed by atoms with Crippen molar-refractivity contribution in [2.24, 2.45) is 0 Å². The van der Waals surface area contributed by atoms with Crippen molar-refractivity contribution in [1.29, 1.82) is 0 Å². The van der Waals surface area contributed by atoms with Gasteiger partial charge in [0.25, 0.3) is 0 Å². The molecule has 3 rings (SSSR count). The number of fused-ring (bicyclic) bond motifs is 1. The van der Waals surface area contributed by atoms with E-state index in [1.165, 1.54) is 30.9 Å². The average Bonchev–Trinajstić information content (AvgIpc) is 3.19. The van der Waals surface area contributed by atoms with Crippen LogP contribution in [0.5, 0.6) is 5.75 Å². The zero-order valence-corrected chi connectivity index (χ0v) is 20.0. The van der Waals surface area contributed by atoms with Gasteiger partial charge in [0.15, 0.2) is 12.8 Å². The van der Waals surface area contributed by atoms with E-state index in [0.29, 0.717) is 16.6 Å². The highest BCUT2D eigenvalue weighted by Crippen LogP contribution is 2.28. The molecule has 0 aliphatic heterocycles. The molecular formula is C22H24F3N3O6S. The van der Waals surface area contributed by atoms with Gasteiger partial charge in [-0.3, -0.25) is 13.8 Å². The first kappa shape index (κ1) is 26.4. The highest BCUT2D eigenvalue weighted by molar-refractivity contribution is 7.84. The number of hydrogen-bond donors (Lipinski definition) is 0. The van der Waals surface area contributed by atoms with Gasteiger partial charge in [-0.25, -0.2) is 9.78 Å². The van der Waals surface area contributed by atoms with Crippen LogP contribution in [0.4, 0.5) is 18.0 Å². The number of carbonyl (C=O) groups is 1. The fraction of sp³-hybridized carbons (Fsp3) is 0.409.